The average molecular weight is 281 g/mol. The Bertz CT molecular complexity index is 506. The minimum absolute atomic E-state index is 0.0254. The monoisotopic (exact) mass is 281 g/mol. The van der Waals surface area contributed by atoms with E-state index in [1.165, 1.54) is 6.07 Å². The summed E-state index contributed by atoms with van der Waals surface area (Å²) in [6.07, 6.45) is 3.44. The van der Waals surface area contributed by atoms with E-state index in [1.807, 2.05) is 0 Å². The molecular weight excluding hydrogens is 261 g/mol. The van der Waals surface area contributed by atoms with Crippen LogP contribution >= 0.6 is 0 Å². The highest BCUT2D eigenvalue weighted by molar-refractivity contribution is 5.97. The smallest absolute Gasteiger partial charge is 0.255 e. The van der Waals surface area contributed by atoms with Crippen LogP contribution in [0.1, 0.15) is 43.0 Å². The molecule has 0 bridgehead atoms. The maximum Gasteiger partial charge on any atom is 0.255 e. The Hall–Kier alpha value is -1.62. The number of phenols is 1. The molecule has 1 fully saturated rings. The van der Waals surface area contributed by atoms with Crippen LogP contribution in [0.25, 0.3) is 0 Å². The molecule has 1 aromatic rings. The second kappa shape index (κ2) is 5.79. The molecule has 110 valence electrons. The lowest BCUT2D eigenvalue weighted by Gasteiger charge is -2.39. The first-order valence-electron chi connectivity index (χ1n) is 6.88. The third-order valence-electron chi connectivity index (χ3n) is 3.98. The minimum atomic E-state index is -0.643. The Morgan fingerprint density at radius 2 is 2.30 bits per heavy atom. The lowest BCUT2D eigenvalue weighted by Crippen LogP contribution is -2.53. The van der Waals surface area contributed by atoms with E-state index >= 15 is 0 Å². The highest BCUT2D eigenvalue weighted by Gasteiger charge is 2.36. The zero-order valence-corrected chi connectivity index (χ0v) is 11.5. The second-order valence-electron chi connectivity index (χ2n) is 5.76. The number of aliphatic hydroxyl groups is 1. The van der Waals surface area contributed by atoms with E-state index in [4.69, 9.17) is 0 Å². The quantitative estimate of drug-likeness (QED) is 0.795. The van der Waals surface area contributed by atoms with Gasteiger partial charge in [-0.15, -0.1) is 0 Å². The predicted molar refractivity (Wildman–Crippen MR) is 73.0 cm³/mol. The number of rotatable bonds is 3. The molecule has 1 amide bonds. The molecule has 2 rings (SSSR count). The predicted octanol–water partition coefficient (Wildman–Crippen LogP) is 2.20. The topological polar surface area (TPSA) is 69.6 Å². The third-order valence-corrected chi connectivity index (χ3v) is 3.98. The van der Waals surface area contributed by atoms with Gasteiger partial charge in [0.25, 0.3) is 5.91 Å². The van der Waals surface area contributed by atoms with Crippen molar-refractivity contribution in [1.82, 2.24) is 5.32 Å². The third kappa shape index (κ3) is 3.10. The summed E-state index contributed by atoms with van der Waals surface area (Å²) < 4.78 is 12.9. The van der Waals surface area contributed by atoms with Crippen molar-refractivity contribution < 1.29 is 19.4 Å². The molecule has 5 heteroatoms. The summed E-state index contributed by atoms with van der Waals surface area (Å²) in [6, 6.07) is 3.28. The van der Waals surface area contributed by atoms with Gasteiger partial charge < -0.3 is 15.5 Å². The molecule has 1 aliphatic rings. The van der Waals surface area contributed by atoms with Crippen molar-refractivity contribution in [3.05, 3.63) is 29.6 Å². The second-order valence-corrected chi connectivity index (χ2v) is 5.76. The molecular formula is C15H20FNO3. The van der Waals surface area contributed by atoms with Crippen LogP contribution in [0.5, 0.6) is 5.75 Å². The van der Waals surface area contributed by atoms with Crippen LogP contribution in [0.4, 0.5) is 4.39 Å². The van der Waals surface area contributed by atoms with Gasteiger partial charge in [0.2, 0.25) is 0 Å². The van der Waals surface area contributed by atoms with Gasteiger partial charge >= 0.3 is 0 Å². The van der Waals surface area contributed by atoms with Gasteiger partial charge in [0.1, 0.15) is 11.6 Å². The molecule has 1 aliphatic carbocycles. The molecule has 0 saturated heterocycles. The van der Waals surface area contributed by atoms with Crippen LogP contribution in [0.2, 0.25) is 0 Å². The molecule has 0 radical (unpaired) electrons. The number of phenolic OH excluding ortho intramolecular Hbond substituents is 1. The SMILES string of the molecule is CC1CCCC(CO)(NC(=O)c2ccc(F)cc2O)C1. The first-order chi connectivity index (χ1) is 9.46. The number of benzene rings is 1. The molecule has 20 heavy (non-hydrogen) atoms. The number of carbonyl (C=O) groups is 1. The molecule has 2 atom stereocenters. The van der Waals surface area contributed by atoms with Gasteiger partial charge in [0, 0.05) is 6.07 Å². The fraction of sp³-hybridized carbons (Fsp3) is 0.533. The van der Waals surface area contributed by atoms with E-state index in [2.05, 4.69) is 12.2 Å². The molecule has 2 unspecified atom stereocenters. The van der Waals surface area contributed by atoms with Crippen LogP contribution < -0.4 is 5.32 Å². The lowest BCUT2D eigenvalue weighted by molar-refractivity contribution is 0.0695. The Balaban J connectivity index is 2.16. The van der Waals surface area contributed by atoms with E-state index in [-0.39, 0.29) is 17.9 Å². The summed E-state index contributed by atoms with van der Waals surface area (Å²) in [4.78, 5) is 12.2. The number of halogens is 1. The highest BCUT2D eigenvalue weighted by atomic mass is 19.1. The summed E-state index contributed by atoms with van der Waals surface area (Å²) in [5.41, 5.74) is -0.618. The first-order valence-corrected chi connectivity index (χ1v) is 6.88. The van der Waals surface area contributed by atoms with Crippen molar-refractivity contribution in [3.8, 4) is 5.75 Å². The van der Waals surface area contributed by atoms with Gasteiger partial charge in [-0.1, -0.05) is 19.8 Å². The molecule has 1 aromatic carbocycles. The van der Waals surface area contributed by atoms with Crippen molar-refractivity contribution >= 4 is 5.91 Å². The van der Waals surface area contributed by atoms with E-state index in [1.54, 1.807) is 0 Å². The van der Waals surface area contributed by atoms with E-state index in [0.29, 0.717) is 18.8 Å². The van der Waals surface area contributed by atoms with Crippen molar-refractivity contribution in [2.24, 2.45) is 5.92 Å². The Kier molecular flexibility index (Phi) is 4.28. The maximum atomic E-state index is 12.9. The first kappa shape index (κ1) is 14.8. The summed E-state index contributed by atoms with van der Waals surface area (Å²) in [7, 11) is 0. The summed E-state index contributed by atoms with van der Waals surface area (Å²) in [5.74, 6) is -1.04. The number of nitrogens with one attached hydrogen (secondary N) is 1. The van der Waals surface area contributed by atoms with Gasteiger partial charge in [-0.25, -0.2) is 4.39 Å². The number of aromatic hydroxyl groups is 1. The Morgan fingerprint density at radius 3 is 2.90 bits per heavy atom. The Morgan fingerprint density at radius 1 is 1.55 bits per heavy atom. The molecule has 0 aromatic heterocycles. The average Bonchev–Trinajstić information content (AvgIpc) is 2.38. The molecule has 3 N–H and O–H groups in total. The normalized spacial score (nSPS) is 26.2. The van der Waals surface area contributed by atoms with Gasteiger partial charge in [-0.05, 0) is 30.9 Å². The van der Waals surface area contributed by atoms with Gasteiger partial charge in [0.05, 0.1) is 17.7 Å². The summed E-state index contributed by atoms with van der Waals surface area (Å²) in [6.45, 7) is 1.95. The summed E-state index contributed by atoms with van der Waals surface area (Å²) >= 11 is 0. The van der Waals surface area contributed by atoms with E-state index in [9.17, 15) is 19.4 Å². The standard InChI is InChI=1S/C15H20FNO3/c1-10-3-2-6-15(8-10,9-18)17-14(20)12-5-4-11(16)7-13(12)19/h4-5,7,10,18-19H,2-3,6,8-9H2,1H3,(H,17,20). The van der Waals surface area contributed by atoms with Crippen molar-refractivity contribution in [3.63, 3.8) is 0 Å². The number of aliphatic hydroxyl groups excluding tert-OH is 1. The van der Waals surface area contributed by atoms with Gasteiger partial charge in [-0.3, -0.25) is 4.79 Å². The fourth-order valence-electron chi connectivity index (χ4n) is 2.96. The van der Waals surface area contributed by atoms with Crippen molar-refractivity contribution in [2.75, 3.05) is 6.61 Å². The van der Waals surface area contributed by atoms with Gasteiger partial charge in [-0.2, -0.15) is 0 Å². The molecule has 0 spiro atoms. The van der Waals surface area contributed by atoms with Crippen molar-refractivity contribution in [2.45, 2.75) is 38.1 Å². The zero-order valence-electron chi connectivity index (χ0n) is 11.5. The zero-order chi connectivity index (χ0) is 14.8. The number of amides is 1. The van der Waals surface area contributed by atoms with E-state index in [0.717, 1.165) is 25.0 Å². The fourth-order valence-corrected chi connectivity index (χ4v) is 2.96. The van der Waals surface area contributed by atoms with Gasteiger partial charge in [0.15, 0.2) is 0 Å². The molecule has 1 saturated carbocycles. The van der Waals surface area contributed by atoms with Crippen LogP contribution in [-0.4, -0.2) is 28.3 Å². The summed E-state index contributed by atoms with van der Waals surface area (Å²) in [5, 5.41) is 22.1. The van der Waals surface area contributed by atoms with Crippen LogP contribution in [0.3, 0.4) is 0 Å². The molecule has 0 aliphatic heterocycles. The van der Waals surface area contributed by atoms with Crippen molar-refractivity contribution in [1.29, 1.82) is 0 Å². The van der Waals surface area contributed by atoms with E-state index < -0.39 is 17.3 Å². The van der Waals surface area contributed by atoms with Crippen LogP contribution in [0, 0.1) is 11.7 Å². The maximum absolute atomic E-state index is 12.9. The lowest BCUT2D eigenvalue weighted by atomic mass is 9.76. The molecule has 4 nitrogen and oxygen atoms in total. The van der Waals surface area contributed by atoms with Crippen LogP contribution in [-0.2, 0) is 0 Å². The highest BCUT2D eigenvalue weighted by Crippen LogP contribution is 2.32. The number of hydrogen-bond donors (Lipinski definition) is 3. The molecule has 0 heterocycles. The Labute approximate surface area is 117 Å². The number of hydrogen-bond acceptors (Lipinski definition) is 3. The largest absolute Gasteiger partial charge is 0.507 e. The minimum Gasteiger partial charge on any atom is -0.507 e. The number of carbonyl (C=O) groups excluding carboxylic acids is 1. The van der Waals surface area contributed by atoms with Crippen LogP contribution in [0.15, 0.2) is 18.2 Å².